The number of hydrogen-bond donors (Lipinski definition) is 0. The van der Waals surface area contributed by atoms with Gasteiger partial charge in [0.05, 0.1) is 5.41 Å². The van der Waals surface area contributed by atoms with Gasteiger partial charge < -0.3 is 4.74 Å². The smallest absolute Gasteiger partial charge is 0.320 e. The van der Waals surface area contributed by atoms with Gasteiger partial charge in [0.25, 0.3) is 0 Å². The zero-order valence-electron chi connectivity index (χ0n) is 17.2. The molecular formula is C24H24BrClO4. The molecule has 1 heterocycles. The normalized spacial score (nSPS) is 23.2. The van der Waals surface area contributed by atoms with E-state index in [-0.39, 0.29) is 18.0 Å². The molecule has 0 radical (unpaired) electrons. The fourth-order valence-corrected chi connectivity index (χ4v) is 4.68. The van der Waals surface area contributed by atoms with Crippen LogP contribution in [-0.2, 0) is 14.3 Å². The van der Waals surface area contributed by atoms with Gasteiger partial charge in [0.1, 0.15) is 11.5 Å². The molecule has 2 aromatic carbocycles. The van der Waals surface area contributed by atoms with E-state index in [1.165, 1.54) is 6.92 Å². The van der Waals surface area contributed by atoms with Crippen molar-refractivity contribution < 1.29 is 19.1 Å². The van der Waals surface area contributed by atoms with Crippen LogP contribution in [-0.4, -0.2) is 17.5 Å². The molecule has 158 valence electrons. The zero-order valence-corrected chi connectivity index (χ0v) is 19.5. The van der Waals surface area contributed by atoms with Gasteiger partial charge in [0.15, 0.2) is 11.6 Å². The summed E-state index contributed by atoms with van der Waals surface area (Å²) in [6.45, 7) is 5.38. The van der Waals surface area contributed by atoms with Crippen LogP contribution in [0.5, 0.6) is 0 Å². The molecule has 30 heavy (non-hydrogen) atoms. The third-order valence-electron chi connectivity index (χ3n) is 6.25. The number of benzene rings is 2. The maximum absolute atomic E-state index is 13.8. The Bertz CT molecular complexity index is 964. The van der Waals surface area contributed by atoms with Gasteiger partial charge in [-0.2, -0.15) is 0 Å². The second kappa shape index (κ2) is 8.64. The van der Waals surface area contributed by atoms with Crippen LogP contribution in [0.1, 0.15) is 62.1 Å². The summed E-state index contributed by atoms with van der Waals surface area (Å²) >= 11 is 9.31. The molecule has 1 fully saturated rings. The highest BCUT2D eigenvalue weighted by Gasteiger charge is 2.61. The van der Waals surface area contributed by atoms with E-state index < -0.39 is 22.9 Å². The Labute approximate surface area is 190 Å². The molecule has 2 atom stereocenters. The van der Waals surface area contributed by atoms with E-state index in [1.54, 1.807) is 24.3 Å². The van der Waals surface area contributed by atoms with Crippen molar-refractivity contribution in [2.75, 3.05) is 0 Å². The molecule has 2 aromatic rings. The number of carbonyl (C=O) groups is 3. The minimum atomic E-state index is -1.53. The zero-order chi connectivity index (χ0) is 22.1. The van der Waals surface area contributed by atoms with E-state index in [1.807, 2.05) is 38.1 Å². The summed E-state index contributed by atoms with van der Waals surface area (Å²) in [5, 5.41) is 0.513. The van der Waals surface area contributed by atoms with Gasteiger partial charge in [-0.3, -0.25) is 14.4 Å². The first-order valence-corrected chi connectivity index (χ1v) is 11.1. The molecule has 4 nitrogen and oxygen atoms in total. The first kappa shape index (κ1) is 22.7. The average molecular weight is 492 g/mol. The van der Waals surface area contributed by atoms with Gasteiger partial charge >= 0.3 is 5.97 Å². The second-order valence-electron chi connectivity index (χ2n) is 7.97. The highest BCUT2D eigenvalue weighted by Crippen LogP contribution is 2.53. The minimum Gasteiger partial charge on any atom is -0.456 e. The van der Waals surface area contributed by atoms with Crippen LogP contribution in [0.3, 0.4) is 0 Å². The third kappa shape index (κ3) is 3.85. The van der Waals surface area contributed by atoms with Crippen molar-refractivity contribution in [1.82, 2.24) is 0 Å². The van der Waals surface area contributed by atoms with Crippen molar-refractivity contribution in [2.24, 2.45) is 10.8 Å². The molecule has 0 amide bonds. The van der Waals surface area contributed by atoms with Crippen molar-refractivity contribution in [1.29, 1.82) is 0 Å². The van der Waals surface area contributed by atoms with Crippen molar-refractivity contribution in [3.05, 3.63) is 69.2 Å². The number of cyclic esters (lactones) is 1. The summed E-state index contributed by atoms with van der Waals surface area (Å²) in [7, 11) is 0. The van der Waals surface area contributed by atoms with Crippen LogP contribution < -0.4 is 0 Å². The fourth-order valence-electron chi connectivity index (χ4n) is 4.29. The lowest BCUT2D eigenvalue weighted by atomic mass is 9.60. The maximum Gasteiger partial charge on any atom is 0.320 e. The number of ether oxygens (including phenoxy) is 1. The quantitative estimate of drug-likeness (QED) is 0.268. The van der Waals surface area contributed by atoms with E-state index in [4.69, 9.17) is 16.3 Å². The van der Waals surface area contributed by atoms with Gasteiger partial charge in [-0.05, 0) is 61.7 Å². The summed E-state index contributed by atoms with van der Waals surface area (Å²) in [4.78, 5) is 39.8. The van der Waals surface area contributed by atoms with Gasteiger partial charge in [0, 0.05) is 21.5 Å². The van der Waals surface area contributed by atoms with Crippen LogP contribution >= 0.6 is 27.5 Å². The lowest BCUT2D eigenvalue weighted by molar-refractivity contribution is -0.191. The van der Waals surface area contributed by atoms with E-state index in [2.05, 4.69) is 15.9 Å². The van der Waals surface area contributed by atoms with E-state index in [9.17, 15) is 14.4 Å². The first-order chi connectivity index (χ1) is 14.2. The number of hydrogen-bond acceptors (Lipinski definition) is 4. The van der Waals surface area contributed by atoms with Crippen LogP contribution in [0, 0.1) is 10.8 Å². The Morgan fingerprint density at radius 2 is 1.60 bits per heavy atom. The predicted molar refractivity (Wildman–Crippen MR) is 120 cm³/mol. The van der Waals surface area contributed by atoms with Gasteiger partial charge in [-0.1, -0.05) is 53.5 Å². The van der Waals surface area contributed by atoms with Gasteiger partial charge in [0.2, 0.25) is 0 Å². The lowest BCUT2D eigenvalue weighted by Crippen LogP contribution is -2.56. The van der Waals surface area contributed by atoms with Gasteiger partial charge in [-0.25, -0.2) is 0 Å². The molecule has 0 N–H and O–H groups in total. The molecule has 0 spiro atoms. The lowest BCUT2D eigenvalue weighted by Gasteiger charge is -2.47. The van der Waals surface area contributed by atoms with E-state index in [0.29, 0.717) is 23.4 Å². The average Bonchev–Trinajstić information content (AvgIpc) is 2.74. The summed E-state index contributed by atoms with van der Waals surface area (Å²) in [5.41, 5.74) is -1.24. The monoisotopic (exact) mass is 490 g/mol. The molecule has 1 aliphatic heterocycles. The summed E-state index contributed by atoms with van der Waals surface area (Å²) in [5.74, 6) is -1.17. The Hall–Kier alpha value is -1.98. The Kier molecular flexibility index (Phi) is 6.54. The molecule has 0 saturated carbocycles. The van der Waals surface area contributed by atoms with Crippen LogP contribution in [0.4, 0.5) is 0 Å². The van der Waals surface area contributed by atoms with Crippen molar-refractivity contribution in [3.63, 3.8) is 0 Å². The first-order valence-electron chi connectivity index (χ1n) is 9.98. The fraction of sp³-hybridized carbons (Fsp3) is 0.375. The molecule has 0 aliphatic carbocycles. The maximum atomic E-state index is 13.8. The Morgan fingerprint density at radius 3 is 2.13 bits per heavy atom. The van der Waals surface area contributed by atoms with Crippen molar-refractivity contribution in [2.45, 2.75) is 46.1 Å². The van der Waals surface area contributed by atoms with Crippen LogP contribution in [0.25, 0.3) is 0 Å². The number of ketones is 2. The third-order valence-corrected chi connectivity index (χ3v) is 7.03. The molecule has 3 rings (SSSR count). The predicted octanol–water partition coefficient (Wildman–Crippen LogP) is 6.36. The SMILES string of the molecule is CCC1(CC)C(=O)[C@@](C)(CC(=O)c2ccc(Cl)cc2)C(=O)O[C@@H]1c1ccc(Br)cc1. The van der Waals surface area contributed by atoms with Crippen molar-refractivity contribution in [3.8, 4) is 0 Å². The summed E-state index contributed by atoms with van der Waals surface area (Å²) in [6, 6.07) is 13.9. The summed E-state index contributed by atoms with van der Waals surface area (Å²) in [6.07, 6.45) is 0.0859. The number of halogens is 2. The number of rotatable bonds is 6. The molecule has 0 aromatic heterocycles. The highest BCUT2D eigenvalue weighted by atomic mass is 79.9. The Balaban J connectivity index is 1.98. The summed E-state index contributed by atoms with van der Waals surface area (Å²) < 4.78 is 6.80. The molecular weight excluding hydrogens is 468 g/mol. The molecule has 6 heteroatoms. The number of esters is 1. The standard InChI is InChI=1S/C24H24BrClO4/c1-4-24(5-2)20(16-6-10-17(25)11-7-16)30-22(29)23(3,21(24)28)14-19(27)15-8-12-18(26)13-9-15/h6-13,20H,4-5,14H2,1-3H3/t20-,23-/m1/s1. The highest BCUT2D eigenvalue weighted by molar-refractivity contribution is 9.10. The van der Waals surface area contributed by atoms with E-state index >= 15 is 0 Å². The second-order valence-corrected chi connectivity index (χ2v) is 9.32. The van der Waals surface area contributed by atoms with Crippen LogP contribution in [0.2, 0.25) is 5.02 Å². The number of carbonyl (C=O) groups excluding carboxylic acids is 3. The molecule has 1 saturated heterocycles. The molecule has 1 aliphatic rings. The molecule has 0 bridgehead atoms. The van der Waals surface area contributed by atoms with Gasteiger partial charge in [-0.15, -0.1) is 0 Å². The topological polar surface area (TPSA) is 60.4 Å². The Morgan fingerprint density at radius 1 is 1.03 bits per heavy atom. The number of Topliss-reactive ketones (excluding diaryl/α,β-unsaturated/α-hetero) is 2. The van der Waals surface area contributed by atoms with Crippen LogP contribution in [0.15, 0.2) is 53.0 Å². The van der Waals surface area contributed by atoms with E-state index in [0.717, 1.165) is 10.0 Å². The minimum absolute atomic E-state index is 0.230. The molecule has 0 unspecified atom stereocenters. The largest absolute Gasteiger partial charge is 0.456 e. The van der Waals surface area contributed by atoms with Crippen molar-refractivity contribution >= 4 is 45.1 Å².